The van der Waals surface area contributed by atoms with Crippen molar-refractivity contribution in [3.63, 3.8) is 0 Å². The molecule has 0 spiro atoms. The molecule has 2 heterocycles. The van der Waals surface area contributed by atoms with Crippen molar-refractivity contribution in [2.24, 2.45) is 16.5 Å². The lowest BCUT2D eigenvalue weighted by atomic mass is 10.0. The zero-order valence-electron chi connectivity index (χ0n) is 23.7. The third kappa shape index (κ3) is 7.65. The maximum absolute atomic E-state index is 13.5. The number of fused-ring (bicyclic) bond motifs is 2. The number of nitrogens with zero attached hydrogens (tertiary/aromatic N) is 1. The van der Waals surface area contributed by atoms with Crippen molar-refractivity contribution in [1.82, 2.24) is 20.9 Å². The third-order valence-electron chi connectivity index (χ3n) is 7.13. The highest BCUT2D eigenvalue weighted by atomic mass is 16.5. The average molecular weight is 576 g/mol. The Bertz CT molecular complexity index is 1540. The molecule has 1 aliphatic rings. The van der Waals surface area contributed by atoms with Crippen molar-refractivity contribution < 1.29 is 23.9 Å². The Morgan fingerprint density at radius 1 is 1.00 bits per heavy atom. The number of benzene rings is 2. The molecule has 222 valence electrons. The number of methoxy groups -OCH3 is 1. The first-order valence-corrected chi connectivity index (χ1v) is 13.8. The summed E-state index contributed by atoms with van der Waals surface area (Å²) in [6, 6.07) is 9.10. The Kier molecular flexibility index (Phi) is 9.79. The predicted octanol–water partition coefficient (Wildman–Crippen LogP) is 1.07. The summed E-state index contributed by atoms with van der Waals surface area (Å²) in [4.78, 5) is 58.9. The van der Waals surface area contributed by atoms with Crippen molar-refractivity contribution >= 4 is 51.5 Å². The predicted molar refractivity (Wildman–Crippen MR) is 160 cm³/mol. The molecule has 4 rings (SSSR count). The molecule has 0 saturated carbocycles. The first-order chi connectivity index (χ1) is 20.1. The van der Waals surface area contributed by atoms with Crippen LogP contribution in [0.4, 0.5) is 0 Å². The van der Waals surface area contributed by atoms with E-state index in [4.69, 9.17) is 16.2 Å². The summed E-state index contributed by atoms with van der Waals surface area (Å²) < 4.78 is 4.92. The number of allylic oxidation sites excluding steroid dienone is 1. The van der Waals surface area contributed by atoms with Gasteiger partial charge in [-0.2, -0.15) is 0 Å². The molecular formula is C30H37N7O5. The zero-order valence-corrected chi connectivity index (χ0v) is 23.7. The molecule has 1 aliphatic heterocycles. The lowest BCUT2D eigenvalue weighted by molar-refractivity contribution is -0.145. The second-order valence-corrected chi connectivity index (χ2v) is 10.3. The van der Waals surface area contributed by atoms with Crippen molar-refractivity contribution in [3.8, 4) is 0 Å². The number of aliphatic imine (C=N–C) groups is 1. The van der Waals surface area contributed by atoms with Crippen LogP contribution in [0.25, 0.3) is 21.8 Å². The zero-order chi connectivity index (χ0) is 30.2. The van der Waals surface area contributed by atoms with E-state index in [0.717, 1.165) is 32.9 Å². The Hall–Kier alpha value is -4.87. The highest BCUT2D eigenvalue weighted by Gasteiger charge is 2.29. The minimum Gasteiger partial charge on any atom is -0.467 e. The summed E-state index contributed by atoms with van der Waals surface area (Å²) in [6.07, 6.45) is 5.34. The summed E-state index contributed by atoms with van der Waals surface area (Å²) in [5.41, 5.74) is 14.7. The molecule has 3 aromatic rings. The molecule has 0 saturated heterocycles. The fourth-order valence-electron chi connectivity index (χ4n) is 5.06. The van der Waals surface area contributed by atoms with Crippen LogP contribution in [0.15, 0.2) is 53.5 Å². The van der Waals surface area contributed by atoms with Gasteiger partial charge in [-0.3, -0.25) is 19.4 Å². The number of aromatic nitrogens is 1. The third-order valence-corrected chi connectivity index (χ3v) is 7.13. The van der Waals surface area contributed by atoms with Crippen LogP contribution in [-0.2, 0) is 36.8 Å². The Morgan fingerprint density at radius 2 is 1.69 bits per heavy atom. The van der Waals surface area contributed by atoms with Crippen molar-refractivity contribution in [2.45, 2.75) is 57.2 Å². The molecule has 12 nitrogen and oxygen atoms in total. The van der Waals surface area contributed by atoms with E-state index in [2.05, 4.69) is 32.0 Å². The van der Waals surface area contributed by atoms with Crippen LogP contribution in [0.1, 0.15) is 37.3 Å². The first-order valence-electron chi connectivity index (χ1n) is 13.8. The lowest BCUT2D eigenvalue weighted by Crippen LogP contribution is -2.56. The number of hydrogen-bond acceptors (Lipinski definition) is 6. The minimum atomic E-state index is -1.02. The first kappa shape index (κ1) is 30.1. The maximum Gasteiger partial charge on any atom is 0.328 e. The van der Waals surface area contributed by atoms with Gasteiger partial charge in [0.05, 0.1) is 7.11 Å². The molecule has 0 fully saturated rings. The largest absolute Gasteiger partial charge is 0.467 e. The molecule has 1 aromatic heterocycles. The van der Waals surface area contributed by atoms with E-state index < -0.39 is 35.9 Å². The molecule has 0 aliphatic carbocycles. The van der Waals surface area contributed by atoms with Crippen LogP contribution in [0.3, 0.4) is 0 Å². The molecule has 0 unspecified atom stereocenters. The number of H-pyrrole nitrogens is 1. The topological polar surface area (TPSA) is 194 Å². The van der Waals surface area contributed by atoms with Crippen LogP contribution < -0.4 is 27.4 Å². The van der Waals surface area contributed by atoms with Crippen LogP contribution in [0.5, 0.6) is 0 Å². The van der Waals surface area contributed by atoms with E-state index in [1.807, 2.05) is 42.5 Å². The monoisotopic (exact) mass is 575 g/mol. The molecule has 3 atom stereocenters. The summed E-state index contributed by atoms with van der Waals surface area (Å²) in [5, 5.41) is 10.2. The Balaban J connectivity index is 1.72. The van der Waals surface area contributed by atoms with Crippen molar-refractivity contribution in [3.05, 3.63) is 59.7 Å². The van der Waals surface area contributed by atoms with Gasteiger partial charge >= 0.3 is 5.97 Å². The van der Waals surface area contributed by atoms with E-state index in [-0.39, 0.29) is 37.7 Å². The molecular weight excluding hydrogens is 538 g/mol. The van der Waals surface area contributed by atoms with E-state index in [0.29, 0.717) is 12.8 Å². The van der Waals surface area contributed by atoms with Gasteiger partial charge in [0.1, 0.15) is 18.1 Å². The SMILES string of the molecule is COC(=O)[C@@H]1C/C=C/Cc2ccc3[nH]c4ccc(cc4c3c2)C[C@H](NC(C)=O)C(=O)N[C@@H](CCCN=C(N)N)C(=O)N1. The standard InChI is InChI=1S/C30H37N7O5/c1-17(38)34-26-16-19-10-12-23-21(15-19)20-14-18(9-11-22(20)35-23)6-3-4-7-25(29(41)42-2)37-27(39)24(36-28(26)40)8-5-13-33-30(31)32/h3-4,9-12,14-15,24-26,35H,5-8,13,16H2,1-2H3,(H,34,38)(H,36,40)(H,37,39)(H4,31,32,33)/b4-3+/t24-,25-,26-/m0/s1. The molecule has 0 radical (unpaired) electrons. The minimum absolute atomic E-state index is 0.0840. The van der Waals surface area contributed by atoms with Gasteiger partial charge in [-0.1, -0.05) is 24.3 Å². The fourth-order valence-corrected chi connectivity index (χ4v) is 5.06. The molecule has 12 heteroatoms. The number of carbonyl (C=O) groups is 4. The van der Waals surface area contributed by atoms with E-state index in [1.54, 1.807) is 0 Å². The van der Waals surface area contributed by atoms with Crippen LogP contribution in [0, 0.1) is 0 Å². The van der Waals surface area contributed by atoms with Gasteiger partial charge in [0.25, 0.3) is 0 Å². The number of hydrogen-bond donors (Lipinski definition) is 6. The molecule has 42 heavy (non-hydrogen) atoms. The number of carbonyl (C=O) groups excluding carboxylic acids is 4. The van der Waals surface area contributed by atoms with Crippen molar-refractivity contribution in [2.75, 3.05) is 13.7 Å². The normalized spacial score (nSPS) is 20.5. The second kappa shape index (κ2) is 13.7. The van der Waals surface area contributed by atoms with E-state index >= 15 is 0 Å². The van der Waals surface area contributed by atoms with Crippen LogP contribution in [0.2, 0.25) is 0 Å². The van der Waals surface area contributed by atoms with E-state index in [1.165, 1.54) is 14.0 Å². The molecule has 2 aromatic carbocycles. The lowest BCUT2D eigenvalue weighted by Gasteiger charge is -2.24. The van der Waals surface area contributed by atoms with Gasteiger partial charge in [0.15, 0.2) is 5.96 Å². The maximum atomic E-state index is 13.5. The van der Waals surface area contributed by atoms with E-state index in [9.17, 15) is 19.2 Å². The number of aromatic amines is 1. The number of esters is 1. The summed E-state index contributed by atoms with van der Waals surface area (Å²) in [6.45, 7) is 1.57. The number of guanidine groups is 1. The number of amides is 3. The van der Waals surface area contributed by atoms with Gasteiger partial charge in [-0.25, -0.2) is 4.79 Å². The summed E-state index contributed by atoms with van der Waals surface area (Å²) in [7, 11) is 1.25. The number of rotatable bonds is 6. The second-order valence-electron chi connectivity index (χ2n) is 10.3. The fraction of sp³-hybridized carbons (Fsp3) is 0.367. The van der Waals surface area contributed by atoms with Gasteiger partial charge in [-0.15, -0.1) is 0 Å². The van der Waals surface area contributed by atoms with Gasteiger partial charge in [0, 0.05) is 41.7 Å². The summed E-state index contributed by atoms with van der Waals surface area (Å²) in [5.74, 6) is -2.19. The van der Waals surface area contributed by atoms with Gasteiger partial charge in [0.2, 0.25) is 17.7 Å². The average Bonchev–Trinajstić information content (AvgIpc) is 3.31. The van der Waals surface area contributed by atoms with Gasteiger partial charge in [-0.05, 0) is 61.1 Å². The summed E-state index contributed by atoms with van der Waals surface area (Å²) >= 11 is 0. The number of nitrogens with one attached hydrogen (secondary N) is 4. The van der Waals surface area contributed by atoms with Gasteiger partial charge < -0.3 is 37.1 Å². The highest BCUT2D eigenvalue weighted by Crippen LogP contribution is 2.28. The van der Waals surface area contributed by atoms with Crippen LogP contribution in [-0.4, -0.2) is 66.4 Å². The Morgan fingerprint density at radius 3 is 2.36 bits per heavy atom. The number of nitrogens with two attached hydrogens (primary N) is 2. The molecule has 4 bridgehead atoms. The smallest absolute Gasteiger partial charge is 0.328 e. The highest BCUT2D eigenvalue weighted by molar-refractivity contribution is 6.07. The molecule has 3 amide bonds. The number of ether oxygens (including phenoxy) is 1. The quantitative estimate of drug-likeness (QED) is 0.0831. The molecule has 8 N–H and O–H groups in total. The Labute approximate surface area is 243 Å². The van der Waals surface area contributed by atoms with Crippen molar-refractivity contribution in [1.29, 1.82) is 0 Å². The van der Waals surface area contributed by atoms with Crippen LogP contribution >= 0.6 is 0 Å².